The van der Waals surface area contributed by atoms with Crippen molar-refractivity contribution in [3.63, 3.8) is 0 Å². The highest BCUT2D eigenvalue weighted by molar-refractivity contribution is 7.11. The quantitative estimate of drug-likeness (QED) is 0.831. The van der Waals surface area contributed by atoms with Crippen molar-refractivity contribution in [1.82, 2.24) is 14.8 Å². The molecule has 2 aliphatic rings. The smallest absolute Gasteiger partial charge is 0.245 e. The Hall–Kier alpha value is -1.43. The molecule has 2 saturated heterocycles. The van der Waals surface area contributed by atoms with Gasteiger partial charge in [-0.1, -0.05) is 0 Å². The minimum Gasteiger partial charge on any atom is -0.334 e. The van der Waals surface area contributed by atoms with Gasteiger partial charge in [-0.25, -0.2) is 4.98 Å². The molecule has 1 aromatic rings. The van der Waals surface area contributed by atoms with Gasteiger partial charge in [0.1, 0.15) is 11.0 Å². The minimum absolute atomic E-state index is 0.100. The third-order valence-corrected chi connectivity index (χ3v) is 4.91. The zero-order valence-corrected chi connectivity index (χ0v) is 12.5. The van der Waals surface area contributed by atoms with Crippen LogP contribution >= 0.6 is 11.3 Å². The first-order chi connectivity index (χ1) is 9.65. The molecule has 0 saturated carbocycles. The second-order valence-electron chi connectivity index (χ2n) is 5.47. The van der Waals surface area contributed by atoms with E-state index in [4.69, 9.17) is 0 Å². The van der Waals surface area contributed by atoms with Gasteiger partial charge in [-0.15, -0.1) is 11.3 Å². The summed E-state index contributed by atoms with van der Waals surface area (Å²) in [4.78, 5) is 33.9. The number of aromatic nitrogens is 1. The molecule has 0 aromatic carbocycles. The minimum atomic E-state index is -0.236. The van der Waals surface area contributed by atoms with Crippen LogP contribution in [0.25, 0.3) is 0 Å². The highest BCUT2D eigenvalue weighted by Gasteiger charge is 2.37. The van der Waals surface area contributed by atoms with Crippen LogP contribution in [-0.4, -0.2) is 45.7 Å². The van der Waals surface area contributed by atoms with Crippen LogP contribution in [0.4, 0.5) is 0 Å². The maximum atomic E-state index is 12.6. The van der Waals surface area contributed by atoms with E-state index >= 15 is 0 Å². The van der Waals surface area contributed by atoms with E-state index in [0.717, 1.165) is 35.7 Å². The number of nitrogens with zero attached hydrogens (tertiary/aromatic N) is 3. The van der Waals surface area contributed by atoms with E-state index in [9.17, 15) is 9.59 Å². The average Bonchev–Trinajstić information content (AvgIpc) is 2.82. The lowest BCUT2D eigenvalue weighted by atomic mass is 10.0. The molecule has 108 valence electrons. The third-order valence-electron chi connectivity index (χ3n) is 4.01. The molecule has 2 amide bonds. The van der Waals surface area contributed by atoms with E-state index in [1.807, 2.05) is 18.0 Å². The zero-order chi connectivity index (χ0) is 14.1. The van der Waals surface area contributed by atoms with Gasteiger partial charge in [0.2, 0.25) is 11.8 Å². The Morgan fingerprint density at radius 1 is 1.35 bits per heavy atom. The Morgan fingerprint density at radius 3 is 2.95 bits per heavy atom. The summed E-state index contributed by atoms with van der Waals surface area (Å²) in [5.41, 5.74) is 0. The molecule has 0 N–H and O–H groups in total. The van der Waals surface area contributed by atoms with Crippen molar-refractivity contribution in [1.29, 1.82) is 0 Å². The van der Waals surface area contributed by atoms with Crippen molar-refractivity contribution in [2.45, 2.75) is 45.2 Å². The predicted octanol–water partition coefficient (Wildman–Crippen LogP) is 1.56. The van der Waals surface area contributed by atoms with Crippen molar-refractivity contribution < 1.29 is 9.59 Å². The number of piperidine rings is 1. The zero-order valence-electron chi connectivity index (χ0n) is 11.7. The number of hydrogen-bond donors (Lipinski definition) is 0. The second kappa shape index (κ2) is 5.52. The Labute approximate surface area is 122 Å². The number of amides is 2. The van der Waals surface area contributed by atoms with Crippen molar-refractivity contribution in [2.24, 2.45) is 0 Å². The van der Waals surface area contributed by atoms with E-state index in [0.29, 0.717) is 19.5 Å². The molecule has 3 rings (SSSR count). The largest absolute Gasteiger partial charge is 0.334 e. The lowest BCUT2D eigenvalue weighted by molar-refractivity contribution is -0.143. The van der Waals surface area contributed by atoms with Crippen LogP contribution in [0.2, 0.25) is 0 Å². The molecule has 1 aromatic heterocycles. The number of carbonyl (C=O) groups is 2. The van der Waals surface area contributed by atoms with E-state index < -0.39 is 0 Å². The van der Waals surface area contributed by atoms with Gasteiger partial charge >= 0.3 is 0 Å². The number of thiazole rings is 1. The molecule has 5 nitrogen and oxygen atoms in total. The van der Waals surface area contributed by atoms with Gasteiger partial charge in [0, 0.05) is 30.6 Å². The molecule has 20 heavy (non-hydrogen) atoms. The lowest BCUT2D eigenvalue weighted by Gasteiger charge is -2.34. The van der Waals surface area contributed by atoms with Gasteiger partial charge in [-0.05, 0) is 26.2 Å². The number of aryl methyl sites for hydroxylation is 1. The molecular weight excluding hydrogens is 274 g/mol. The van der Waals surface area contributed by atoms with E-state index in [1.54, 1.807) is 16.2 Å². The molecule has 3 heterocycles. The summed E-state index contributed by atoms with van der Waals surface area (Å²) < 4.78 is 0. The predicted molar refractivity (Wildman–Crippen MR) is 76.2 cm³/mol. The molecule has 1 unspecified atom stereocenters. The third kappa shape index (κ3) is 2.57. The molecule has 0 bridgehead atoms. The fourth-order valence-corrected chi connectivity index (χ4v) is 3.78. The Kier molecular flexibility index (Phi) is 3.74. The van der Waals surface area contributed by atoms with Gasteiger partial charge in [0.05, 0.1) is 6.54 Å². The van der Waals surface area contributed by atoms with Crippen LogP contribution in [0.3, 0.4) is 0 Å². The van der Waals surface area contributed by atoms with E-state index in [-0.39, 0.29) is 17.9 Å². The monoisotopic (exact) mass is 293 g/mol. The summed E-state index contributed by atoms with van der Waals surface area (Å²) in [5, 5.41) is 0.951. The number of rotatable bonds is 2. The Balaban J connectivity index is 1.78. The standard InChI is InChI=1S/C14H19N3O2S/c1-10-8-15-12(20-10)9-16-7-5-13(18)17-6-3-2-4-11(17)14(16)19/h8,11H,2-7,9H2,1H3. The molecule has 1 atom stereocenters. The Morgan fingerprint density at radius 2 is 2.20 bits per heavy atom. The molecule has 0 radical (unpaired) electrons. The van der Waals surface area contributed by atoms with Crippen molar-refractivity contribution >= 4 is 23.2 Å². The van der Waals surface area contributed by atoms with Crippen molar-refractivity contribution in [3.8, 4) is 0 Å². The van der Waals surface area contributed by atoms with Crippen LogP contribution < -0.4 is 0 Å². The van der Waals surface area contributed by atoms with E-state index in [1.165, 1.54) is 0 Å². The van der Waals surface area contributed by atoms with Crippen molar-refractivity contribution in [3.05, 3.63) is 16.1 Å². The fourth-order valence-electron chi connectivity index (χ4n) is 2.98. The van der Waals surface area contributed by atoms with Crippen LogP contribution in [0.1, 0.15) is 35.6 Å². The average molecular weight is 293 g/mol. The first-order valence-electron chi connectivity index (χ1n) is 7.15. The Bertz CT molecular complexity index is 528. The maximum Gasteiger partial charge on any atom is 0.245 e. The maximum absolute atomic E-state index is 12.6. The summed E-state index contributed by atoms with van der Waals surface area (Å²) in [5.74, 6) is 0.226. The van der Waals surface area contributed by atoms with Crippen LogP contribution in [0.5, 0.6) is 0 Å². The molecule has 2 fully saturated rings. The number of carbonyl (C=O) groups excluding carboxylic acids is 2. The van der Waals surface area contributed by atoms with Crippen molar-refractivity contribution in [2.75, 3.05) is 13.1 Å². The van der Waals surface area contributed by atoms with E-state index in [2.05, 4.69) is 4.98 Å². The van der Waals surface area contributed by atoms with Gasteiger partial charge in [0.15, 0.2) is 0 Å². The summed E-state index contributed by atoms with van der Waals surface area (Å²) in [6.45, 7) is 3.80. The molecule has 2 aliphatic heterocycles. The summed E-state index contributed by atoms with van der Waals surface area (Å²) in [6, 6.07) is -0.236. The fraction of sp³-hybridized carbons (Fsp3) is 0.643. The first kappa shape index (κ1) is 13.5. The van der Waals surface area contributed by atoms with Crippen LogP contribution in [0, 0.1) is 6.92 Å². The van der Waals surface area contributed by atoms with Crippen LogP contribution in [-0.2, 0) is 16.1 Å². The molecule has 0 spiro atoms. The first-order valence-corrected chi connectivity index (χ1v) is 7.96. The molecule has 6 heteroatoms. The topological polar surface area (TPSA) is 53.5 Å². The summed E-state index contributed by atoms with van der Waals surface area (Å²) in [7, 11) is 0. The number of fused-ring (bicyclic) bond motifs is 1. The lowest BCUT2D eigenvalue weighted by Crippen LogP contribution is -2.49. The summed E-state index contributed by atoms with van der Waals surface area (Å²) in [6.07, 6.45) is 5.12. The SMILES string of the molecule is Cc1cnc(CN2CCC(=O)N3CCCCC3C2=O)s1. The van der Waals surface area contributed by atoms with Gasteiger partial charge in [0.25, 0.3) is 0 Å². The van der Waals surface area contributed by atoms with Gasteiger partial charge in [-0.3, -0.25) is 9.59 Å². The van der Waals surface area contributed by atoms with Gasteiger partial charge in [-0.2, -0.15) is 0 Å². The van der Waals surface area contributed by atoms with Crippen LogP contribution in [0.15, 0.2) is 6.20 Å². The second-order valence-corrected chi connectivity index (χ2v) is 6.79. The normalized spacial score (nSPS) is 23.8. The molecular formula is C14H19N3O2S. The number of hydrogen-bond acceptors (Lipinski definition) is 4. The highest BCUT2D eigenvalue weighted by atomic mass is 32.1. The highest BCUT2D eigenvalue weighted by Crippen LogP contribution is 2.24. The molecule has 0 aliphatic carbocycles. The van der Waals surface area contributed by atoms with Gasteiger partial charge < -0.3 is 9.80 Å². The summed E-state index contributed by atoms with van der Waals surface area (Å²) >= 11 is 1.62.